The third-order valence-corrected chi connectivity index (χ3v) is 7.17. The van der Waals surface area contributed by atoms with Crippen LogP contribution in [0.2, 0.25) is 0 Å². The molecule has 4 rings (SSSR count). The number of halogens is 2. The molecule has 0 radical (unpaired) electrons. The maximum Gasteiger partial charge on any atom is 0.320 e. The minimum atomic E-state index is -1.24. The van der Waals surface area contributed by atoms with Crippen LogP contribution in [-0.4, -0.2) is 89.5 Å². The summed E-state index contributed by atoms with van der Waals surface area (Å²) >= 11 is 0. The fraction of sp³-hybridized carbons (Fsp3) is 0.464. The SMILES string of the molecule is CN1CC2[C@@H](Cc3ccc(F)cc3F)N(C(=O)[C@@H](COCc3ccccc3)NC(=O)C(C)(C)N)CCN2C1=O. The van der Waals surface area contributed by atoms with Gasteiger partial charge in [-0.1, -0.05) is 36.4 Å². The maximum absolute atomic E-state index is 14.7. The number of amides is 4. The molecule has 2 aromatic carbocycles. The molecule has 2 fully saturated rings. The fourth-order valence-corrected chi connectivity index (χ4v) is 5.02. The summed E-state index contributed by atoms with van der Waals surface area (Å²) in [6.45, 7) is 3.99. The first-order valence-corrected chi connectivity index (χ1v) is 12.9. The second-order valence-corrected chi connectivity index (χ2v) is 10.7. The Kier molecular flexibility index (Phi) is 8.51. The van der Waals surface area contributed by atoms with E-state index in [9.17, 15) is 23.2 Å². The highest BCUT2D eigenvalue weighted by molar-refractivity contribution is 5.92. The zero-order valence-corrected chi connectivity index (χ0v) is 22.4. The molecule has 2 aliphatic rings. The predicted molar refractivity (Wildman–Crippen MR) is 140 cm³/mol. The third-order valence-electron chi connectivity index (χ3n) is 7.17. The smallest absolute Gasteiger partial charge is 0.320 e. The summed E-state index contributed by atoms with van der Waals surface area (Å²) in [6, 6.07) is 10.5. The molecular weight excluding hydrogens is 508 g/mol. The molecule has 3 N–H and O–H groups in total. The molecule has 1 unspecified atom stereocenters. The molecule has 11 heteroatoms. The normalized spacial score (nSPS) is 20.2. The molecule has 0 saturated carbocycles. The summed E-state index contributed by atoms with van der Waals surface area (Å²) in [5, 5.41) is 2.73. The number of piperazine rings is 1. The average Bonchev–Trinajstić information content (AvgIpc) is 3.18. The van der Waals surface area contributed by atoms with Gasteiger partial charge in [0.15, 0.2) is 0 Å². The molecule has 0 aromatic heterocycles. The van der Waals surface area contributed by atoms with Crippen LogP contribution in [-0.2, 0) is 27.4 Å². The van der Waals surface area contributed by atoms with E-state index >= 15 is 0 Å². The molecular formula is C28H35F2N5O4. The third kappa shape index (κ3) is 6.54. The van der Waals surface area contributed by atoms with Crippen molar-refractivity contribution < 1.29 is 27.9 Å². The van der Waals surface area contributed by atoms with E-state index in [0.29, 0.717) is 6.54 Å². The first-order valence-electron chi connectivity index (χ1n) is 12.9. The van der Waals surface area contributed by atoms with Crippen LogP contribution in [0.25, 0.3) is 0 Å². The van der Waals surface area contributed by atoms with Crippen molar-refractivity contribution in [2.24, 2.45) is 5.73 Å². The minimum Gasteiger partial charge on any atom is -0.374 e. The Bertz CT molecular complexity index is 1210. The van der Waals surface area contributed by atoms with E-state index in [4.69, 9.17) is 10.5 Å². The van der Waals surface area contributed by atoms with Crippen LogP contribution in [0.15, 0.2) is 48.5 Å². The highest BCUT2D eigenvalue weighted by Crippen LogP contribution is 2.29. The van der Waals surface area contributed by atoms with Crippen molar-refractivity contribution in [2.45, 2.75) is 50.5 Å². The summed E-state index contributed by atoms with van der Waals surface area (Å²) in [4.78, 5) is 44.4. The average molecular weight is 544 g/mol. The van der Waals surface area contributed by atoms with Gasteiger partial charge in [0.25, 0.3) is 0 Å². The van der Waals surface area contributed by atoms with Crippen molar-refractivity contribution >= 4 is 17.8 Å². The Hall–Kier alpha value is -3.57. The lowest BCUT2D eigenvalue weighted by atomic mass is 9.94. The molecule has 2 aromatic rings. The summed E-state index contributed by atoms with van der Waals surface area (Å²) in [6.07, 6.45) is 0.0636. The number of nitrogens with zero attached hydrogens (tertiary/aromatic N) is 3. The van der Waals surface area contributed by atoms with Gasteiger partial charge in [-0.3, -0.25) is 9.59 Å². The first kappa shape index (κ1) is 28.4. The van der Waals surface area contributed by atoms with Crippen LogP contribution < -0.4 is 11.1 Å². The summed E-state index contributed by atoms with van der Waals surface area (Å²) in [7, 11) is 1.67. The number of benzene rings is 2. The number of nitrogens with one attached hydrogen (secondary N) is 1. The van der Waals surface area contributed by atoms with Crippen molar-refractivity contribution in [3.8, 4) is 0 Å². The molecule has 3 atom stereocenters. The Balaban J connectivity index is 1.60. The topological polar surface area (TPSA) is 108 Å². The number of rotatable bonds is 9. The predicted octanol–water partition coefficient (Wildman–Crippen LogP) is 1.89. The van der Waals surface area contributed by atoms with Gasteiger partial charge in [0.1, 0.15) is 17.7 Å². The van der Waals surface area contributed by atoms with Gasteiger partial charge in [0, 0.05) is 32.7 Å². The van der Waals surface area contributed by atoms with E-state index in [1.165, 1.54) is 26.0 Å². The van der Waals surface area contributed by atoms with Crippen LogP contribution in [0.1, 0.15) is 25.0 Å². The van der Waals surface area contributed by atoms with Crippen molar-refractivity contribution in [3.63, 3.8) is 0 Å². The second kappa shape index (κ2) is 11.7. The van der Waals surface area contributed by atoms with Gasteiger partial charge in [0.2, 0.25) is 11.8 Å². The second-order valence-electron chi connectivity index (χ2n) is 10.7. The summed E-state index contributed by atoms with van der Waals surface area (Å²) in [5.74, 6) is -2.37. The zero-order valence-electron chi connectivity index (χ0n) is 22.4. The zero-order chi connectivity index (χ0) is 28.3. The quantitative estimate of drug-likeness (QED) is 0.502. The van der Waals surface area contributed by atoms with Gasteiger partial charge in [-0.2, -0.15) is 0 Å². The molecule has 210 valence electrons. The minimum absolute atomic E-state index is 0.0636. The number of hydrogen-bond donors (Lipinski definition) is 2. The Morgan fingerprint density at radius 1 is 1.15 bits per heavy atom. The molecule has 9 nitrogen and oxygen atoms in total. The van der Waals surface area contributed by atoms with Crippen molar-refractivity contribution in [1.29, 1.82) is 0 Å². The number of hydrogen-bond acceptors (Lipinski definition) is 5. The van der Waals surface area contributed by atoms with Crippen molar-refractivity contribution in [2.75, 3.05) is 33.3 Å². The van der Waals surface area contributed by atoms with E-state index in [1.807, 2.05) is 30.3 Å². The number of fused-ring (bicyclic) bond motifs is 1. The lowest BCUT2D eigenvalue weighted by molar-refractivity contribution is -0.144. The number of ether oxygens (including phenoxy) is 1. The molecule has 0 bridgehead atoms. The van der Waals surface area contributed by atoms with Gasteiger partial charge >= 0.3 is 6.03 Å². The molecule has 0 aliphatic carbocycles. The first-order chi connectivity index (χ1) is 18.5. The van der Waals surface area contributed by atoms with Crippen LogP contribution in [0, 0.1) is 11.6 Å². The molecule has 2 saturated heterocycles. The number of carbonyl (C=O) groups is 3. The van der Waals surface area contributed by atoms with Crippen LogP contribution in [0.4, 0.5) is 13.6 Å². The lowest BCUT2D eigenvalue weighted by Gasteiger charge is -2.45. The standard InChI is InChI=1S/C28H35F2N5O4/c1-28(2,31)26(37)32-22(17-39-16-18-7-5-4-6-8-18)25(36)34-11-12-35-24(15-33(3)27(35)38)23(34)13-19-9-10-20(29)14-21(19)30/h4-10,14,22-24H,11-13,15-17,31H2,1-3H3,(H,32,37)/t22-,23-,24?/m1/s1. The maximum atomic E-state index is 14.7. The van der Waals surface area contributed by atoms with E-state index in [-0.39, 0.29) is 44.3 Å². The Labute approximate surface area is 226 Å². The molecule has 0 spiro atoms. The van der Waals surface area contributed by atoms with Gasteiger partial charge in [-0.25, -0.2) is 13.6 Å². The molecule has 4 amide bonds. The lowest BCUT2D eigenvalue weighted by Crippen LogP contribution is -2.65. The number of carbonyl (C=O) groups excluding carboxylic acids is 3. The van der Waals surface area contributed by atoms with Crippen LogP contribution in [0.5, 0.6) is 0 Å². The van der Waals surface area contributed by atoms with E-state index < -0.39 is 47.1 Å². The van der Waals surface area contributed by atoms with Crippen LogP contribution >= 0.6 is 0 Å². The fourth-order valence-electron chi connectivity index (χ4n) is 5.02. The molecule has 39 heavy (non-hydrogen) atoms. The molecule has 2 heterocycles. The van der Waals surface area contributed by atoms with Crippen molar-refractivity contribution in [1.82, 2.24) is 20.0 Å². The van der Waals surface area contributed by atoms with E-state index in [2.05, 4.69) is 5.32 Å². The highest BCUT2D eigenvalue weighted by atomic mass is 19.1. The Morgan fingerprint density at radius 3 is 2.54 bits per heavy atom. The van der Waals surface area contributed by atoms with Crippen molar-refractivity contribution in [3.05, 3.63) is 71.3 Å². The Morgan fingerprint density at radius 2 is 1.87 bits per heavy atom. The largest absolute Gasteiger partial charge is 0.374 e. The van der Waals surface area contributed by atoms with Gasteiger partial charge in [0.05, 0.1) is 30.8 Å². The van der Waals surface area contributed by atoms with Gasteiger partial charge < -0.3 is 30.5 Å². The monoisotopic (exact) mass is 543 g/mol. The number of urea groups is 1. The summed E-state index contributed by atoms with van der Waals surface area (Å²) < 4.78 is 34.1. The van der Waals surface area contributed by atoms with E-state index in [1.54, 1.807) is 21.7 Å². The van der Waals surface area contributed by atoms with Crippen LogP contribution in [0.3, 0.4) is 0 Å². The highest BCUT2D eigenvalue weighted by Gasteiger charge is 2.48. The number of likely N-dealkylation sites (N-methyl/N-ethyl adjacent to an activating group) is 1. The van der Waals surface area contributed by atoms with Gasteiger partial charge in [-0.05, 0) is 37.5 Å². The molecule has 2 aliphatic heterocycles. The van der Waals surface area contributed by atoms with Gasteiger partial charge in [-0.15, -0.1) is 0 Å². The van der Waals surface area contributed by atoms with E-state index in [0.717, 1.165) is 11.6 Å². The summed E-state index contributed by atoms with van der Waals surface area (Å²) in [5.41, 5.74) is 5.87. The number of nitrogens with two attached hydrogens (primary N) is 1.